The second-order valence-corrected chi connectivity index (χ2v) is 2.93. The first-order chi connectivity index (χ1) is 6.68. The Morgan fingerprint density at radius 2 is 2.14 bits per heavy atom. The van der Waals surface area contributed by atoms with E-state index in [1.807, 2.05) is 0 Å². The lowest BCUT2D eigenvalue weighted by atomic mass is 10.1. The quantitative estimate of drug-likeness (QED) is 0.529. The van der Waals surface area contributed by atoms with Gasteiger partial charge in [0.1, 0.15) is 11.7 Å². The number of nitrogens with one attached hydrogen (secondary N) is 1. The summed E-state index contributed by atoms with van der Waals surface area (Å²) in [6.45, 7) is 0. The fraction of sp³-hybridized carbons (Fsp3) is 0. The third-order valence-corrected chi connectivity index (χ3v) is 1.99. The van der Waals surface area contributed by atoms with Crippen molar-refractivity contribution in [1.29, 1.82) is 5.41 Å². The number of pyridine rings is 1. The van der Waals surface area contributed by atoms with Crippen LogP contribution in [0.5, 0.6) is 0 Å². The maximum Gasteiger partial charge on any atom is 0.125 e. The van der Waals surface area contributed by atoms with E-state index in [0.29, 0.717) is 16.5 Å². The van der Waals surface area contributed by atoms with Crippen molar-refractivity contribution in [2.24, 2.45) is 5.73 Å². The van der Waals surface area contributed by atoms with E-state index >= 15 is 0 Å². The Balaban J connectivity index is 2.81. The molecule has 3 nitrogen and oxygen atoms in total. The topological polar surface area (TPSA) is 62.8 Å². The number of halogens is 1. The van der Waals surface area contributed by atoms with Gasteiger partial charge in [-0.2, -0.15) is 0 Å². The van der Waals surface area contributed by atoms with Gasteiger partial charge in [-0.25, -0.2) is 4.39 Å². The Labute approximate surface area is 79.9 Å². The molecule has 1 aromatic heterocycles. The largest absolute Gasteiger partial charge is 0.384 e. The van der Waals surface area contributed by atoms with Crippen LogP contribution in [0, 0.1) is 11.2 Å². The summed E-state index contributed by atoms with van der Waals surface area (Å²) in [5.41, 5.74) is 6.47. The van der Waals surface area contributed by atoms with Crippen LogP contribution in [0.15, 0.2) is 30.5 Å². The maximum atomic E-state index is 12.8. The van der Waals surface area contributed by atoms with Crippen molar-refractivity contribution >= 4 is 16.7 Å². The smallest absolute Gasteiger partial charge is 0.125 e. The number of nitrogens with two attached hydrogens (primary N) is 1. The van der Waals surface area contributed by atoms with Gasteiger partial charge in [-0.1, -0.05) is 0 Å². The molecule has 2 aromatic rings. The number of hydrogen-bond acceptors (Lipinski definition) is 2. The molecule has 70 valence electrons. The molecule has 0 bridgehead atoms. The van der Waals surface area contributed by atoms with Gasteiger partial charge in [0.05, 0.1) is 5.52 Å². The first-order valence-corrected chi connectivity index (χ1v) is 4.07. The Hall–Kier alpha value is -1.97. The normalized spacial score (nSPS) is 10.4. The highest BCUT2D eigenvalue weighted by Gasteiger charge is 2.04. The van der Waals surface area contributed by atoms with Crippen LogP contribution in [-0.2, 0) is 0 Å². The zero-order valence-electron chi connectivity index (χ0n) is 7.29. The lowest BCUT2D eigenvalue weighted by Gasteiger charge is -2.03. The molecule has 0 spiro atoms. The van der Waals surface area contributed by atoms with Crippen LogP contribution < -0.4 is 5.73 Å². The summed E-state index contributed by atoms with van der Waals surface area (Å²) in [6, 6.07) is 5.87. The second kappa shape index (κ2) is 3.06. The zero-order valence-corrected chi connectivity index (χ0v) is 7.29. The van der Waals surface area contributed by atoms with Crippen LogP contribution in [0.4, 0.5) is 4.39 Å². The van der Waals surface area contributed by atoms with E-state index in [-0.39, 0.29) is 11.7 Å². The minimum Gasteiger partial charge on any atom is -0.384 e. The molecule has 1 aromatic carbocycles. The highest BCUT2D eigenvalue weighted by molar-refractivity contribution is 6.06. The zero-order chi connectivity index (χ0) is 10.1. The number of rotatable bonds is 1. The van der Waals surface area contributed by atoms with Crippen LogP contribution in [0.2, 0.25) is 0 Å². The van der Waals surface area contributed by atoms with Crippen molar-refractivity contribution in [2.45, 2.75) is 0 Å². The van der Waals surface area contributed by atoms with E-state index in [9.17, 15) is 4.39 Å². The molecule has 0 aliphatic heterocycles. The number of aromatic nitrogens is 1. The van der Waals surface area contributed by atoms with Gasteiger partial charge in [0.25, 0.3) is 0 Å². The summed E-state index contributed by atoms with van der Waals surface area (Å²) in [7, 11) is 0. The van der Waals surface area contributed by atoms with E-state index in [4.69, 9.17) is 11.1 Å². The van der Waals surface area contributed by atoms with E-state index in [1.165, 1.54) is 18.3 Å². The van der Waals surface area contributed by atoms with Gasteiger partial charge in [-0.05, 0) is 18.2 Å². The Kier molecular flexibility index (Phi) is 1.89. The number of hydrogen-bond donors (Lipinski definition) is 2. The van der Waals surface area contributed by atoms with E-state index in [0.717, 1.165) is 0 Å². The Morgan fingerprint density at radius 1 is 1.36 bits per heavy atom. The molecule has 0 aliphatic rings. The molecule has 0 radical (unpaired) electrons. The van der Waals surface area contributed by atoms with Crippen molar-refractivity contribution in [1.82, 2.24) is 4.98 Å². The minimum absolute atomic E-state index is 0.0380. The first-order valence-electron chi connectivity index (χ1n) is 4.07. The molecule has 0 atom stereocenters. The molecule has 0 saturated carbocycles. The van der Waals surface area contributed by atoms with Crippen LogP contribution in [0.1, 0.15) is 5.56 Å². The van der Waals surface area contributed by atoms with Gasteiger partial charge in [0.2, 0.25) is 0 Å². The Bertz CT molecular complexity index is 508. The summed E-state index contributed by atoms with van der Waals surface area (Å²) in [6.07, 6.45) is 1.51. The molecule has 2 rings (SSSR count). The molecule has 0 aliphatic carbocycles. The fourth-order valence-corrected chi connectivity index (χ4v) is 1.36. The highest BCUT2D eigenvalue weighted by Crippen LogP contribution is 2.16. The first kappa shape index (κ1) is 8.62. The van der Waals surface area contributed by atoms with Gasteiger partial charge in [0.15, 0.2) is 0 Å². The van der Waals surface area contributed by atoms with Crippen LogP contribution in [0.3, 0.4) is 0 Å². The minimum atomic E-state index is -0.342. The van der Waals surface area contributed by atoms with Crippen molar-refractivity contribution in [3.05, 3.63) is 41.8 Å². The molecule has 4 heteroatoms. The molecule has 0 unspecified atom stereocenters. The summed E-state index contributed by atoms with van der Waals surface area (Å²) >= 11 is 0. The van der Waals surface area contributed by atoms with Crippen molar-refractivity contribution in [2.75, 3.05) is 0 Å². The molecule has 0 saturated heterocycles. The molecular formula is C10H8FN3. The third kappa shape index (κ3) is 1.31. The number of fused-ring (bicyclic) bond motifs is 1. The maximum absolute atomic E-state index is 12.8. The molecule has 0 fully saturated rings. The van der Waals surface area contributed by atoms with E-state index in [2.05, 4.69) is 4.98 Å². The Morgan fingerprint density at radius 3 is 2.86 bits per heavy atom. The van der Waals surface area contributed by atoms with E-state index < -0.39 is 0 Å². The molecule has 3 N–H and O–H groups in total. The number of benzene rings is 1. The lowest BCUT2D eigenvalue weighted by Crippen LogP contribution is -2.11. The number of nitrogen functional groups attached to an aromatic ring is 1. The predicted molar refractivity (Wildman–Crippen MR) is 52.7 cm³/mol. The monoisotopic (exact) mass is 189 g/mol. The van der Waals surface area contributed by atoms with Crippen LogP contribution in [0.25, 0.3) is 10.9 Å². The molecule has 14 heavy (non-hydrogen) atoms. The number of nitrogens with zero attached hydrogens (tertiary/aromatic N) is 1. The molecular weight excluding hydrogens is 181 g/mol. The van der Waals surface area contributed by atoms with Crippen LogP contribution in [-0.4, -0.2) is 10.8 Å². The fourth-order valence-electron chi connectivity index (χ4n) is 1.36. The van der Waals surface area contributed by atoms with Crippen molar-refractivity contribution < 1.29 is 4.39 Å². The SMILES string of the molecule is N=C(N)c1ccnc2cc(F)ccc12. The average Bonchev–Trinajstić information content (AvgIpc) is 2.16. The highest BCUT2D eigenvalue weighted by atomic mass is 19.1. The number of amidine groups is 1. The average molecular weight is 189 g/mol. The van der Waals surface area contributed by atoms with Crippen molar-refractivity contribution in [3.63, 3.8) is 0 Å². The standard InChI is InChI=1S/C10H8FN3/c11-6-1-2-7-8(10(12)13)3-4-14-9(7)5-6/h1-5H,(H3,12,13). The van der Waals surface area contributed by atoms with Gasteiger partial charge in [0, 0.05) is 23.2 Å². The van der Waals surface area contributed by atoms with Crippen molar-refractivity contribution in [3.8, 4) is 0 Å². The summed E-state index contributed by atoms with van der Waals surface area (Å²) < 4.78 is 12.8. The van der Waals surface area contributed by atoms with Gasteiger partial charge in [-0.15, -0.1) is 0 Å². The second-order valence-electron chi connectivity index (χ2n) is 2.93. The molecule has 1 heterocycles. The predicted octanol–water partition coefficient (Wildman–Crippen LogP) is 1.66. The van der Waals surface area contributed by atoms with Crippen LogP contribution >= 0.6 is 0 Å². The molecule has 0 amide bonds. The summed E-state index contributed by atoms with van der Waals surface area (Å²) in [5.74, 6) is -0.380. The third-order valence-electron chi connectivity index (χ3n) is 1.99. The summed E-state index contributed by atoms with van der Waals surface area (Å²) in [4.78, 5) is 3.99. The van der Waals surface area contributed by atoms with Gasteiger partial charge >= 0.3 is 0 Å². The van der Waals surface area contributed by atoms with Gasteiger partial charge < -0.3 is 5.73 Å². The lowest BCUT2D eigenvalue weighted by molar-refractivity contribution is 0.629. The van der Waals surface area contributed by atoms with E-state index in [1.54, 1.807) is 12.1 Å². The summed E-state index contributed by atoms with van der Waals surface area (Å²) in [5, 5.41) is 8.02. The van der Waals surface area contributed by atoms with Gasteiger partial charge in [-0.3, -0.25) is 10.4 Å².